The highest BCUT2D eigenvalue weighted by molar-refractivity contribution is 9.10. The fourth-order valence-electron chi connectivity index (χ4n) is 2.57. The van der Waals surface area contributed by atoms with E-state index in [-0.39, 0.29) is 12.7 Å². The molecular weight excluding hydrogens is 334 g/mol. The first-order valence-electron chi connectivity index (χ1n) is 7.25. The van der Waals surface area contributed by atoms with Crippen molar-refractivity contribution in [2.24, 2.45) is 0 Å². The highest BCUT2D eigenvalue weighted by Crippen LogP contribution is 2.37. The van der Waals surface area contributed by atoms with Gasteiger partial charge in [0.2, 0.25) is 12.7 Å². The summed E-state index contributed by atoms with van der Waals surface area (Å²) in [6, 6.07) is 3.88. The van der Waals surface area contributed by atoms with Gasteiger partial charge in [-0.25, -0.2) is 0 Å². The Labute approximate surface area is 132 Å². The minimum absolute atomic E-state index is 0.225. The quantitative estimate of drug-likeness (QED) is 0.763. The number of benzene rings is 1. The zero-order valence-electron chi connectivity index (χ0n) is 11.8. The fraction of sp³-hybridized carbons (Fsp3) is 0.438. The van der Waals surface area contributed by atoms with Gasteiger partial charge < -0.3 is 14.4 Å². The van der Waals surface area contributed by atoms with Gasteiger partial charge in [-0.1, -0.05) is 28.1 Å². The summed E-state index contributed by atoms with van der Waals surface area (Å²) in [5.41, 5.74) is 1.05. The van der Waals surface area contributed by atoms with Gasteiger partial charge in [0.25, 0.3) is 0 Å². The van der Waals surface area contributed by atoms with Crippen molar-refractivity contribution in [1.29, 1.82) is 0 Å². The monoisotopic (exact) mass is 351 g/mol. The number of carbonyl (C=O) groups excluding carboxylic acids is 1. The largest absolute Gasteiger partial charge is 0.454 e. The lowest BCUT2D eigenvalue weighted by atomic mass is 10.1. The molecule has 2 heterocycles. The third kappa shape index (κ3) is 3.40. The maximum absolute atomic E-state index is 12.3. The Balaban J connectivity index is 1.77. The smallest absolute Gasteiger partial charge is 0.231 e. The number of nitrogens with zero attached hydrogens (tertiary/aromatic N) is 1. The summed E-state index contributed by atoms with van der Waals surface area (Å²) in [5, 5.41) is 0. The van der Waals surface area contributed by atoms with Gasteiger partial charge in [-0.05, 0) is 37.0 Å². The van der Waals surface area contributed by atoms with Crippen molar-refractivity contribution in [3.8, 4) is 11.5 Å². The lowest BCUT2D eigenvalue weighted by Crippen LogP contribution is -2.31. The van der Waals surface area contributed by atoms with Crippen LogP contribution >= 0.6 is 15.9 Å². The Morgan fingerprint density at radius 2 is 1.90 bits per heavy atom. The van der Waals surface area contributed by atoms with Crippen molar-refractivity contribution in [1.82, 2.24) is 4.90 Å². The van der Waals surface area contributed by atoms with E-state index in [1.165, 1.54) is 0 Å². The molecule has 0 radical (unpaired) electrons. The molecule has 0 N–H and O–H groups in total. The van der Waals surface area contributed by atoms with E-state index in [9.17, 15) is 4.79 Å². The maximum atomic E-state index is 12.3. The zero-order chi connectivity index (χ0) is 14.7. The molecule has 0 bridgehead atoms. The van der Waals surface area contributed by atoms with Crippen LogP contribution in [0.3, 0.4) is 0 Å². The first kappa shape index (κ1) is 14.4. The predicted octanol–water partition coefficient (Wildman–Crippen LogP) is 3.64. The minimum Gasteiger partial charge on any atom is -0.454 e. The van der Waals surface area contributed by atoms with Gasteiger partial charge in [0.1, 0.15) is 0 Å². The van der Waals surface area contributed by atoms with Gasteiger partial charge in [-0.15, -0.1) is 0 Å². The summed E-state index contributed by atoms with van der Waals surface area (Å²) < 4.78 is 11.7. The third-order valence-electron chi connectivity index (χ3n) is 3.75. The van der Waals surface area contributed by atoms with E-state index >= 15 is 0 Å². The number of rotatable bonds is 2. The van der Waals surface area contributed by atoms with E-state index in [2.05, 4.69) is 28.1 Å². The molecule has 5 heteroatoms. The Kier molecular flexibility index (Phi) is 4.48. The molecule has 112 valence electrons. The van der Waals surface area contributed by atoms with Crippen LogP contribution in [-0.2, 0) is 11.3 Å². The molecule has 1 aromatic carbocycles. The molecule has 2 aliphatic heterocycles. The van der Waals surface area contributed by atoms with E-state index in [1.807, 2.05) is 17.0 Å². The summed E-state index contributed by atoms with van der Waals surface area (Å²) in [6.07, 6.45) is 7.79. The second-order valence-electron chi connectivity index (χ2n) is 5.26. The van der Waals surface area contributed by atoms with Crippen molar-refractivity contribution >= 4 is 21.8 Å². The average Bonchev–Trinajstić information content (AvgIpc) is 2.93. The standard InChI is InChI=1S/C16H18BrNO3/c17-13-9-15-14(20-11-21-15)8-12(13)10-18-7-5-3-1-2-4-6-16(18)19/h1,3,8-9H,2,4-7,10-11H2. The molecule has 0 aromatic heterocycles. The number of fused-ring (bicyclic) bond motifs is 1. The Hall–Kier alpha value is -1.49. The van der Waals surface area contributed by atoms with Crippen molar-refractivity contribution in [2.45, 2.75) is 32.2 Å². The van der Waals surface area contributed by atoms with Crippen molar-refractivity contribution in [2.75, 3.05) is 13.3 Å². The van der Waals surface area contributed by atoms with Crippen molar-refractivity contribution < 1.29 is 14.3 Å². The number of carbonyl (C=O) groups is 1. The van der Waals surface area contributed by atoms with Crippen molar-refractivity contribution in [3.05, 3.63) is 34.3 Å². The SMILES string of the molecule is O=C1CCCC=CCCN1Cc1cc2c(cc1Br)OCO2. The molecule has 3 rings (SSSR count). The number of halogens is 1. The molecule has 4 nitrogen and oxygen atoms in total. The molecule has 1 amide bonds. The Bertz CT molecular complexity index is 571. The molecule has 1 aromatic rings. The van der Waals surface area contributed by atoms with Gasteiger partial charge >= 0.3 is 0 Å². The second-order valence-corrected chi connectivity index (χ2v) is 6.12. The van der Waals surface area contributed by atoms with Crippen molar-refractivity contribution in [3.63, 3.8) is 0 Å². The first-order chi connectivity index (χ1) is 10.2. The predicted molar refractivity (Wildman–Crippen MR) is 83.3 cm³/mol. The lowest BCUT2D eigenvalue weighted by Gasteiger charge is -2.22. The number of allylic oxidation sites excluding steroid dienone is 1. The molecule has 0 unspecified atom stereocenters. The van der Waals surface area contributed by atoms with E-state index in [0.29, 0.717) is 13.0 Å². The van der Waals surface area contributed by atoms with E-state index in [4.69, 9.17) is 9.47 Å². The second kappa shape index (κ2) is 6.52. The molecule has 0 saturated carbocycles. The van der Waals surface area contributed by atoms with Crippen LogP contribution in [0.4, 0.5) is 0 Å². The van der Waals surface area contributed by atoms with Gasteiger partial charge in [0.15, 0.2) is 11.5 Å². The van der Waals surface area contributed by atoms with Crippen LogP contribution in [0.2, 0.25) is 0 Å². The Morgan fingerprint density at radius 1 is 1.14 bits per heavy atom. The molecule has 0 spiro atoms. The number of amides is 1. The van der Waals surface area contributed by atoms with E-state index < -0.39 is 0 Å². The number of hydrogen-bond acceptors (Lipinski definition) is 3. The maximum Gasteiger partial charge on any atom is 0.231 e. The summed E-state index contributed by atoms with van der Waals surface area (Å²) in [6.45, 7) is 1.62. The highest BCUT2D eigenvalue weighted by Gasteiger charge is 2.20. The summed E-state index contributed by atoms with van der Waals surface area (Å²) in [5.74, 6) is 1.73. The average molecular weight is 352 g/mol. The van der Waals surface area contributed by atoms with Gasteiger partial charge in [-0.2, -0.15) is 0 Å². The number of hydrogen-bond donors (Lipinski definition) is 0. The summed E-state index contributed by atoms with van der Waals surface area (Å²) in [4.78, 5) is 14.2. The highest BCUT2D eigenvalue weighted by atomic mass is 79.9. The van der Waals surface area contributed by atoms with Crippen LogP contribution in [0.5, 0.6) is 11.5 Å². The van der Waals surface area contributed by atoms with E-state index in [1.54, 1.807) is 0 Å². The first-order valence-corrected chi connectivity index (χ1v) is 8.04. The Morgan fingerprint density at radius 3 is 2.76 bits per heavy atom. The van der Waals surface area contributed by atoms with E-state index in [0.717, 1.165) is 47.3 Å². The van der Waals surface area contributed by atoms with Crippen LogP contribution in [0.15, 0.2) is 28.8 Å². The topological polar surface area (TPSA) is 38.8 Å². The normalized spacial score (nSPS) is 18.3. The van der Waals surface area contributed by atoms with Crippen LogP contribution in [0.25, 0.3) is 0 Å². The fourth-order valence-corrected chi connectivity index (χ4v) is 3.02. The molecule has 0 atom stereocenters. The summed E-state index contributed by atoms with van der Waals surface area (Å²) >= 11 is 3.56. The molecule has 0 saturated heterocycles. The van der Waals surface area contributed by atoms with Crippen LogP contribution < -0.4 is 9.47 Å². The third-order valence-corrected chi connectivity index (χ3v) is 4.49. The lowest BCUT2D eigenvalue weighted by molar-refractivity contribution is -0.131. The van der Waals surface area contributed by atoms with Crippen LogP contribution in [-0.4, -0.2) is 24.1 Å². The van der Waals surface area contributed by atoms with Gasteiger partial charge in [-0.3, -0.25) is 4.79 Å². The number of ether oxygens (including phenoxy) is 2. The minimum atomic E-state index is 0.225. The molecule has 21 heavy (non-hydrogen) atoms. The zero-order valence-corrected chi connectivity index (χ0v) is 13.4. The summed E-state index contributed by atoms with van der Waals surface area (Å²) in [7, 11) is 0. The molecule has 2 aliphatic rings. The molecule has 0 fully saturated rings. The molecular formula is C16H18BrNO3. The van der Waals surface area contributed by atoms with Crippen LogP contribution in [0, 0.1) is 0 Å². The van der Waals surface area contributed by atoms with Crippen LogP contribution in [0.1, 0.15) is 31.2 Å². The van der Waals surface area contributed by atoms with Gasteiger partial charge in [0.05, 0.1) is 0 Å². The molecule has 0 aliphatic carbocycles. The van der Waals surface area contributed by atoms with Gasteiger partial charge in [0, 0.05) is 24.0 Å².